The largest absolute Gasteiger partial charge is 0.378 e. The predicted octanol–water partition coefficient (Wildman–Crippen LogP) is 0.705. The number of hydrogen-bond donors (Lipinski definition) is 1. The van der Waals surface area contributed by atoms with Crippen molar-refractivity contribution in [3.05, 3.63) is 0 Å². The second-order valence-corrected chi connectivity index (χ2v) is 3.57. The summed E-state index contributed by atoms with van der Waals surface area (Å²) in [6.45, 7) is 7.59. The zero-order valence-corrected chi connectivity index (χ0v) is 6.81. The minimum Gasteiger partial charge on any atom is -0.378 e. The molecule has 0 radical (unpaired) electrons. The molecule has 0 bridgehead atoms. The second-order valence-electron chi connectivity index (χ2n) is 3.57. The molecule has 1 rings (SSSR count). The Morgan fingerprint density at radius 1 is 1.40 bits per heavy atom. The van der Waals surface area contributed by atoms with Crippen molar-refractivity contribution in [3.8, 4) is 0 Å². The molecule has 3 nitrogen and oxygen atoms in total. The van der Waals surface area contributed by atoms with Gasteiger partial charge in [0.05, 0.1) is 24.9 Å². The standard InChI is InChI=1S/C7H15NO2/c1-7(2,3)10-8-6-4-9-5-6/h6,8H,4-5H2,1-3H3. The molecule has 0 aromatic rings. The van der Waals surface area contributed by atoms with Crippen LogP contribution in [-0.4, -0.2) is 24.9 Å². The van der Waals surface area contributed by atoms with Crippen LogP contribution in [0.4, 0.5) is 0 Å². The summed E-state index contributed by atoms with van der Waals surface area (Å²) in [5.74, 6) is 0. The first kappa shape index (κ1) is 7.98. The Balaban J connectivity index is 2.04. The molecule has 0 aliphatic carbocycles. The van der Waals surface area contributed by atoms with Gasteiger partial charge in [-0.3, -0.25) is 4.84 Å². The smallest absolute Gasteiger partial charge is 0.0813 e. The zero-order chi connectivity index (χ0) is 7.61. The van der Waals surface area contributed by atoms with Gasteiger partial charge in [-0.15, -0.1) is 0 Å². The van der Waals surface area contributed by atoms with Gasteiger partial charge in [-0.05, 0) is 20.8 Å². The number of ether oxygens (including phenoxy) is 1. The fraction of sp³-hybridized carbons (Fsp3) is 1.00. The van der Waals surface area contributed by atoms with E-state index >= 15 is 0 Å². The van der Waals surface area contributed by atoms with Crippen molar-refractivity contribution in [1.82, 2.24) is 5.48 Å². The van der Waals surface area contributed by atoms with E-state index < -0.39 is 0 Å². The third kappa shape index (κ3) is 2.64. The molecule has 0 spiro atoms. The molecule has 3 heteroatoms. The Bertz CT molecular complexity index is 105. The molecule has 0 amide bonds. The average molecular weight is 145 g/mol. The van der Waals surface area contributed by atoms with E-state index in [4.69, 9.17) is 9.57 Å². The first-order valence-corrected chi connectivity index (χ1v) is 3.59. The van der Waals surface area contributed by atoms with E-state index in [2.05, 4.69) is 5.48 Å². The van der Waals surface area contributed by atoms with Gasteiger partial charge in [-0.25, -0.2) is 0 Å². The highest BCUT2D eigenvalue weighted by Gasteiger charge is 2.20. The quantitative estimate of drug-likeness (QED) is 0.580. The highest BCUT2D eigenvalue weighted by atomic mass is 16.7. The van der Waals surface area contributed by atoms with E-state index in [0.717, 1.165) is 13.2 Å². The Kier molecular flexibility index (Phi) is 2.28. The van der Waals surface area contributed by atoms with Gasteiger partial charge in [-0.1, -0.05) is 0 Å². The van der Waals surface area contributed by atoms with E-state index in [9.17, 15) is 0 Å². The maximum absolute atomic E-state index is 5.30. The molecule has 0 aromatic carbocycles. The zero-order valence-electron chi connectivity index (χ0n) is 6.81. The number of rotatable bonds is 2. The molecule has 10 heavy (non-hydrogen) atoms. The lowest BCUT2D eigenvalue weighted by Crippen LogP contribution is -2.48. The van der Waals surface area contributed by atoms with Crippen LogP contribution in [0, 0.1) is 0 Å². The summed E-state index contributed by atoms with van der Waals surface area (Å²) >= 11 is 0. The van der Waals surface area contributed by atoms with E-state index in [1.54, 1.807) is 0 Å². The van der Waals surface area contributed by atoms with Crippen LogP contribution in [-0.2, 0) is 9.57 Å². The van der Waals surface area contributed by atoms with Crippen LogP contribution in [0.2, 0.25) is 0 Å². The number of hydroxylamine groups is 1. The lowest BCUT2D eigenvalue weighted by molar-refractivity contribution is -0.140. The fourth-order valence-electron chi connectivity index (χ4n) is 0.564. The van der Waals surface area contributed by atoms with Crippen molar-refractivity contribution < 1.29 is 9.57 Å². The molecular formula is C7H15NO2. The van der Waals surface area contributed by atoms with Gasteiger partial charge in [0.25, 0.3) is 0 Å². The third-order valence-corrected chi connectivity index (χ3v) is 1.17. The summed E-state index contributed by atoms with van der Waals surface area (Å²) < 4.78 is 4.96. The normalized spacial score (nSPS) is 20.7. The Hall–Kier alpha value is -0.120. The molecule has 1 fully saturated rings. The summed E-state index contributed by atoms with van der Waals surface area (Å²) in [4.78, 5) is 5.30. The first-order chi connectivity index (χ1) is 4.58. The molecule has 0 aromatic heterocycles. The molecule has 1 saturated heterocycles. The molecule has 60 valence electrons. The van der Waals surface area contributed by atoms with Crippen molar-refractivity contribution >= 4 is 0 Å². The van der Waals surface area contributed by atoms with Crippen molar-refractivity contribution in [2.75, 3.05) is 13.2 Å². The minimum atomic E-state index is -0.102. The molecule has 0 atom stereocenters. The van der Waals surface area contributed by atoms with Crippen molar-refractivity contribution in [1.29, 1.82) is 0 Å². The summed E-state index contributed by atoms with van der Waals surface area (Å²) in [5, 5.41) is 0. The maximum atomic E-state index is 5.30. The van der Waals surface area contributed by atoms with Gasteiger partial charge in [0.15, 0.2) is 0 Å². The van der Waals surface area contributed by atoms with Crippen LogP contribution in [0.25, 0.3) is 0 Å². The molecule has 0 saturated carbocycles. The Labute approximate surface area is 61.7 Å². The first-order valence-electron chi connectivity index (χ1n) is 3.59. The Morgan fingerprint density at radius 3 is 2.30 bits per heavy atom. The van der Waals surface area contributed by atoms with Gasteiger partial charge in [-0.2, -0.15) is 5.48 Å². The fourth-order valence-corrected chi connectivity index (χ4v) is 0.564. The SMILES string of the molecule is CC(C)(C)ONC1COC1. The van der Waals surface area contributed by atoms with E-state index in [1.165, 1.54) is 0 Å². The highest BCUT2D eigenvalue weighted by Crippen LogP contribution is 2.07. The van der Waals surface area contributed by atoms with E-state index in [-0.39, 0.29) is 5.60 Å². The predicted molar refractivity (Wildman–Crippen MR) is 38.6 cm³/mol. The maximum Gasteiger partial charge on any atom is 0.0813 e. The van der Waals surface area contributed by atoms with Crippen LogP contribution >= 0.6 is 0 Å². The van der Waals surface area contributed by atoms with Crippen LogP contribution in [0.1, 0.15) is 20.8 Å². The van der Waals surface area contributed by atoms with Gasteiger partial charge < -0.3 is 4.74 Å². The molecule has 1 heterocycles. The molecular weight excluding hydrogens is 130 g/mol. The monoisotopic (exact) mass is 145 g/mol. The highest BCUT2D eigenvalue weighted by molar-refractivity contribution is 4.69. The van der Waals surface area contributed by atoms with Crippen molar-refractivity contribution in [2.45, 2.75) is 32.4 Å². The molecule has 0 unspecified atom stereocenters. The average Bonchev–Trinajstić information content (AvgIpc) is 1.56. The van der Waals surface area contributed by atoms with Crippen LogP contribution in [0.5, 0.6) is 0 Å². The number of nitrogens with one attached hydrogen (secondary N) is 1. The summed E-state index contributed by atoms with van der Waals surface area (Å²) in [6.07, 6.45) is 0. The van der Waals surface area contributed by atoms with Crippen LogP contribution in [0.15, 0.2) is 0 Å². The van der Waals surface area contributed by atoms with Gasteiger partial charge >= 0.3 is 0 Å². The summed E-state index contributed by atoms with van der Waals surface area (Å²) in [5.41, 5.74) is 2.83. The van der Waals surface area contributed by atoms with Crippen LogP contribution in [0.3, 0.4) is 0 Å². The van der Waals surface area contributed by atoms with Gasteiger partial charge in [0.2, 0.25) is 0 Å². The lowest BCUT2D eigenvalue weighted by atomic mass is 10.2. The van der Waals surface area contributed by atoms with Gasteiger partial charge in [0.1, 0.15) is 0 Å². The van der Waals surface area contributed by atoms with Gasteiger partial charge in [0, 0.05) is 0 Å². The van der Waals surface area contributed by atoms with Crippen LogP contribution < -0.4 is 5.48 Å². The Morgan fingerprint density at radius 2 is 2.00 bits per heavy atom. The van der Waals surface area contributed by atoms with E-state index in [1.807, 2.05) is 20.8 Å². The van der Waals surface area contributed by atoms with Crippen molar-refractivity contribution in [3.63, 3.8) is 0 Å². The minimum absolute atomic E-state index is 0.102. The van der Waals surface area contributed by atoms with Crippen molar-refractivity contribution in [2.24, 2.45) is 0 Å². The molecule has 1 aliphatic rings. The summed E-state index contributed by atoms with van der Waals surface area (Å²) in [6, 6.07) is 0.402. The number of hydrogen-bond acceptors (Lipinski definition) is 3. The van der Waals surface area contributed by atoms with E-state index in [0.29, 0.717) is 6.04 Å². The summed E-state index contributed by atoms with van der Waals surface area (Å²) in [7, 11) is 0. The second kappa shape index (κ2) is 2.86. The lowest BCUT2D eigenvalue weighted by Gasteiger charge is -2.30. The molecule has 1 aliphatic heterocycles. The topological polar surface area (TPSA) is 30.5 Å². The third-order valence-electron chi connectivity index (χ3n) is 1.17. The molecule has 1 N–H and O–H groups in total.